The maximum Gasteiger partial charge on any atom is 0.330 e. The Labute approximate surface area is 193 Å². The zero-order valence-corrected chi connectivity index (χ0v) is 19.5. The molecule has 1 aliphatic rings. The number of fused-ring (bicyclic) bond motifs is 1. The molecule has 0 aliphatic carbocycles. The second kappa shape index (κ2) is 7.93. The number of anilines is 2. The number of amides is 2. The summed E-state index contributed by atoms with van der Waals surface area (Å²) in [5, 5.41) is 5.61. The molecule has 2 aromatic heterocycles. The molecule has 1 saturated heterocycles. The van der Waals surface area contributed by atoms with E-state index in [9.17, 15) is 13.2 Å². The van der Waals surface area contributed by atoms with Gasteiger partial charge in [-0.2, -0.15) is 0 Å². The van der Waals surface area contributed by atoms with Crippen LogP contribution in [0.3, 0.4) is 0 Å². The Morgan fingerprint density at radius 1 is 1.06 bits per heavy atom. The second-order valence-electron chi connectivity index (χ2n) is 7.41. The lowest BCUT2D eigenvalue weighted by molar-refractivity contribution is 0.248. The molecule has 8 nitrogen and oxygen atoms in total. The first-order valence-electron chi connectivity index (χ1n) is 9.85. The Hall–Kier alpha value is -2.86. The normalized spacial score (nSPS) is 15.0. The molecule has 0 radical (unpaired) electrons. The fourth-order valence-corrected chi connectivity index (χ4v) is 6.62. The van der Waals surface area contributed by atoms with Gasteiger partial charge in [-0.3, -0.25) is 9.80 Å². The van der Waals surface area contributed by atoms with Crippen molar-refractivity contribution in [1.29, 1.82) is 0 Å². The van der Waals surface area contributed by atoms with Gasteiger partial charge >= 0.3 is 6.03 Å². The number of carbonyl (C=O) groups excluding carboxylic acids is 1. The molecule has 2 amide bonds. The Morgan fingerprint density at radius 3 is 2.53 bits per heavy atom. The largest absolute Gasteiger partial charge is 0.330 e. The summed E-state index contributed by atoms with van der Waals surface area (Å²) in [7, 11) is -3.88. The Kier molecular flexibility index (Phi) is 5.20. The molecule has 0 atom stereocenters. The number of primary sulfonamides is 1. The van der Waals surface area contributed by atoms with E-state index in [1.807, 2.05) is 41.9 Å². The molecule has 2 aromatic carbocycles. The Bertz CT molecular complexity index is 1430. The molecular weight excluding hydrogens is 466 g/mol. The summed E-state index contributed by atoms with van der Waals surface area (Å²) in [5.74, 6) is 0. The van der Waals surface area contributed by atoms with E-state index in [0.29, 0.717) is 23.9 Å². The first-order valence-corrected chi connectivity index (χ1v) is 13.1. The summed E-state index contributed by atoms with van der Waals surface area (Å²) in [5.41, 5.74) is 6.05. The lowest BCUT2D eigenvalue weighted by atomic mass is 10.0. The minimum atomic E-state index is -3.88. The van der Waals surface area contributed by atoms with Gasteiger partial charge in [0.05, 0.1) is 21.4 Å². The van der Waals surface area contributed by atoms with Gasteiger partial charge in [-0.05, 0) is 37.1 Å². The third-order valence-electron chi connectivity index (χ3n) is 5.30. The van der Waals surface area contributed by atoms with Crippen LogP contribution in [0.15, 0.2) is 52.2 Å². The number of hydrogen-bond donors (Lipinski definition) is 1. The third-order valence-corrected chi connectivity index (χ3v) is 8.91. The van der Waals surface area contributed by atoms with Gasteiger partial charge in [0.15, 0.2) is 9.34 Å². The van der Waals surface area contributed by atoms with E-state index < -0.39 is 10.0 Å². The highest BCUT2D eigenvalue weighted by molar-refractivity contribution is 7.91. The second-order valence-corrected chi connectivity index (χ2v) is 11.0. The summed E-state index contributed by atoms with van der Waals surface area (Å²) in [6.07, 6.45) is 0.733. The van der Waals surface area contributed by atoms with Gasteiger partial charge in [-0.1, -0.05) is 35.6 Å². The van der Waals surface area contributed by atoms with Crippen molar-refractivity contribution in [2.75, 3.05) is 22.9 Å². The molecule has 0 bridgehead atoms. The quantitative estimate of drug-likeness (QED) is 0.466. The zero-order chi connectivity index (χ0) is 22.5. The number of urea groups is 1. The van der Waals surface area contributed by atoms with E-state index in [2.05, 4.69) is 16.0 Å². The highest BCUT2D eigenvalue weighted by atomic mass is 32.2. The predicted octanol–water partition coefficient (Wildman–Crippen LogP) is 4.21. The number of aryl methyl sites for hydroxylation is 1. The van der Waals surface area contributed by atoms with Gasteiger partial charge < -0.3 is 0 Å². The molecule has 0 saturated carbocycles. The van der Waals surface area contributed by atoms with Crippen molar-refractivity contribution in [3.05, 3.63) is 53.7 Å². The highest BCUT2D eigenvalue weighted by Crippen LogP contribution is 2.34. The number of rotatable bonds is 4. The number of nitrogens with two attached hydrogens (primary N) is 1. The van der Waals surface area contributed by atoms with Crippen LogP contribution in [0.5, 0.6) is 0 Å². The first kappa shape index (κ1) is 21.0. The van der Waals surface area contributed by atoms with Crippen LogP contribution in [-0.4, -0.2) is 37.5 Å². The predicted molar refractivity (Wildman–Crippen MR) is 128 cm³/mol. The van der Waals surface area contributed by atoms with E-state index in [1.165, 1.54) is 4.90 Å². The first-order chi connectivity index (χ1) is 15.3. The van der Waals surface area contributed by atoms with Crippen LogP contribution in [0, 0.1) is 6.92 Å². The van der Waals surface area contributed by atoms with Crippen molar-refractivity contribution in [2.24, 2.45) is 5.14 Å². The van der Waals surface area contributed by atoms with E-state index in [4.69, 9.17) is 5.14 Å². The highest BCUT2D eigenvalue weighted by Gasteiger charge is 2.31. The summed E-state index contributed by atoms with van der Waals surface area (Å²) in [4.78, 5) is 25.1. The summed E-state index contributed by atoms with van der Waals surface area (Å²) in [6.45, 7) is 2.62. The number of hydrogen-bond acceptors (Lipinski definition) is 7. The molecule has 32 heavy (non-hydrogen) atoms. The van der Waals surface area contributed by atoms with Crippen LogP contribution in [-0.2, 0) is 10.0 Å². The molecule has 4 aromatic rings. The van der Waals surface area contributed by atoms with Gasteiger partial charge in [-0.25, -0.2) is 28.3 Å². The van der Waals surface area contributed by atoms with Crippen molar-refractivity contribution in [3.8, 4) is 11.1 Å². The molecule has 3 heterocycles. The lowest BCUT2D eigenvalue weighted by Crippen LogP contribution is -2.49. The smallest absolute Gasteiger partial charge is 0.294 e. The monoisotopic (exact) mass is 485 g/mol. The molecule has 164 valence electrons. The van der Waals surface area contributed by atoms with Gasteiger partial charge in [0, 0.05) is 24.3 Å². The molecule has 0 unspecified atom stereocenters. The maximum atomic E-state index is 13.2. The Morgan fingerprint density at radius 2 is 1.81 bits per heavy atom. The molecule has 1 aliphatic heterocycles. The minimum Gasteiger partial charge on any atom is -0.294 e. The third kappa shape index (κ3) is 3.66. The van der Waals surface area contributed by atoms with E-state index in [0.717, 1.165) is 44.8 Å². The SMILES string of the molecule is Cc1nc(N2CCCN(c3ccc(-c4cccc5ncsc45)cc3)C2=O)sc1S(N)(=O)=O. The van der Waals surface area contributed by atoms with Gasteiger partial charge in [0.25, 0.3) is 0 Å². The van der Waals surface area contributed by atoms with E-state index in [1.54, 1.807) is 23.2 Å². The topological polar surface area (TPSA) is 109 Å². The maximum absolute atomic E-state index is 13.2. The average molecular weight is 486 g/mol. The molecule has 5 rings (SSSR count). The standard InChI is InChI=1S/C21H19N5O3S3/c1-13-19(32(22,28)29)31-20(24-13)26-11-3-10-25(21(26)27)15-8-6-14(7-9-15)16-4-2-5-17-18(16)30-12-23-17/h2,4-9,12H,3,10-11H2,1H3,(H2,22,28,29). The lowest BCUT2D eigenvalue weighted by Gasteiger charge is -2.34. The number of thiazole rings is 2. The average Bonchev–Trinajstić information content (AvgIpc) is 3.40. The van der Waals surface area contributed by atoms with Gasteiger partial charge in [0.2, 0.25) is 10.0 Å². The number of nitrogens with zero attached hydrogens (tertiary/aromatic N) is 4. The molecule has 11 heteroatoms. The molecular formula is C21H19N5O3S3. The fraction of sp³-hybridized carbons (Fsp3) is 0.190. The van der Waals surface area contributed by atoms with Gasteiger partial charge in [-0.15, -0.1) is 11.3 Å². The number of carbonyl (C=O) groups is 1. The number of benzene rings is 2. The summed E-state index contributed by atoms with van der Waals surface area (Å²) >= 11 is 2.53. The van der Waals surface area contributed by atoms with Gasteiger partial charge in [0.1, 0.15) is 0 Å². The number of sulfonamides is 1. The van der Waals surface area contributed by atoms with Crippen molar-refractivity contribution in [3.63, 3.8) is 0 Å². The van der Waals surface area contributed by atoms with Crippen LogP contribution in [0.1, 0.15) is 12.1 Å². The fourth-order valence-electron chi connectivity index (χ4n) is 3.82. The van der Waals surface area contributed by atoms with Crippen LogP contribution in [0.2, 0.25) is 0 Å². The molecule has 0 spiro atoms. The van der Waals surface area contributed by atoms with Crippen molar-refractivity contribution < 1.29 is 13.2 Å². The summed E-state index contributed by atoms with van der Waals surface area (Å²) < 4.78 is 24.6. The van der Waals surface area contributed by atoms with Crippen molar-refractivity contribution in [1.82, 2.24) is 9.97 Å². The van der Waals surface area contributed by atoms with E-state index in [-0.39, 0.29) is 10.2 Å². The van der Waals surface area contributed by atoms with Crippen LogP contribution in [0.25, 0.3) is 21.3 Å². The molecule has 1 fully saturated rings. The van der Waals surface area contributed by atoms with Crippen molar-refractivity contribution >= 4 is 59.8 Å². The van der Waals surface area contributed by atoms with Crippen LogP contribution in [0.4, 0.5) is 15.6 Å². The zero-order valence-electron chi connectivity index (χ0n) is 17.1. The van der Waals surface area contributed by atoms with Crippen LogP contribution < -0.4 is 14.9 Å². The minimum absolute atomic E-state index is 0.0148. The Balaban J connectivity index is 1.43. The van der Waals surface area contributed by atoms with E-state index >= 15 is 0 Å². The number of aromatic nitrogens is 2. The van der Waals surface area contributed by atoms with Crippen molar-refractivity contribution in [2.45, 2.75) is 17.6 Å². The van der Waals surface area contributed by atoms with Crippen LogP contribution >= 0.6 is 22.7 Å². The molecule has 2 N–H and O–H groups in total. The summed E-state index contributed by atoms with van der Waals surface area (Å²) in [6, 6.07) is 13.7.